The topological polar surface area (TPSA) is 171 Å². The van der Waals surface area contributed by atoms with Gasteiger partial charge >= 0.3 is 5.97 Å². The number of primary amides is 1. The smallest absolute Gasteiger partial charge is 0.336 e. The third-order valence-corrected chi connectivity index (χ3v) is 4.24. The van der Waals surface area contributed by atoms with Crippen molar-refractivity contribution in [1.82, 2.24) is 10.6 Å². The number of amides is 3. The first-order valence-electron chi connectivity index (χ1n) is 8.79. The number of rotatable bonds is 10. The van der Waals surface area contributed by atoms with Crippen molar-refractivity contribution >= 4 is 23.7 Å². The van der Waals surface area contributed by atoms with Crippen LogP contribution < -0.4 is 16.4 Å². The van der Waals surface area contributed by atoms with Gasteiger partial charge in [-0.05, 0) is 24.1 Å². The molecule has 152 valence electrons. The van der Waals surface area contributed by atoms with Crippen LogP contribution in [0.5, 0.6) is 5.75 Å². The SMILES string of the molecule is CCC[C@H](NC(=O)C1O[C@H]1C(=O)O)C(=O)N[C@@H](Cc1ccc(O)cc1)C(N)=O. The molecule has 1 unspecified atom stereocenters. The molecule has 10 heteroatoms. The Labute approximate surface area is 161 Å². The number of nitrogens with two attached hydrogens (primary N) is 1. The van der Waals surface area contributed by atoms with Crippen molar-refractivity contribution in [2.75, 3.05) is 0 Å². The number of carboxylic acids is 1. The Kier molecular flexibility index (Phi) is 6.94. The number of nitrogens with one attached hydrogen (secondary N) is 2. The molecule has 3 amide bonds. The molecule has 0 bridgehead atoms. The summed E-state index contributed by atoms with van der Waals surface area (Å²) in [7, 11) is 0. The molecule has 0 radical (unpaired) electrons. The highest BCUT2D eigenvalue weighted by atomic mass is 16.6. The fraction of sp³-hybridized carbons (Fsp3) is 0.444. The number of hydrogen-bond acceptors (Lipinski definition) is 6. The molecule has 28 heavy (non-hydrogen) atoms. The maximum absolute atomic E-state index is 12.6. The molecule has 6 N–H and O–H groups in total. The fourth-order valence-electron chi connectivity index (χ4n) is 2.67. The molecule has 10 nitrogen and oxygen atoms in total. The predicted octanol–water partition coefficient (Wildman–Crippen LogP) is -0.958. The number of benzene rings is 1. The molecule has 1 aromatic rings. The van der Waals surface area contributed by atoms with Gasteiger partial charge in [0.1, 0.15) is 17.8 Å². The highest BCUT2D eigenvalue weighted by Crippen LogP contribution is 2.22. The number of phenolic OH excluding ortho intramolecular Hbond substituents is 1. The van der Waals surface area contributed by atoms with Crippen LogP contribution in [-0.2, 0) is 30.3 Å². The third kappa shape index (κ3) is 5.68. The summed E-state index contributed by atoms with van der Waals surface area (Å²) in [5.41, 5.74) is 6.05. The summed E-state index contributed by atoms with van der Waals surface area (Å²) in [6.07, 6.45) is -1.38. The van der Waals surface area contributed by atoms with Gasteiger partial charge in [0.05, 0.1) is 0 Å². The summed E-state index contributed by atoms with van der Waals surface area (Å²) >= 11 is 0. The molecular formula is C18H23N3O7. The lowest BCUT2D eigenvalue weighted by atomic mass is 10.0. The van der Waals surface area contributed by atoms with Crippen LogP contribution in [0.4, 0.5) is 0 Å². The van der Waals surface area contributed by atoms with E-state index in [0.29, 0.717) is 12.0 Å². The number of carbonyl (C=O) groups excluding carboxylic acids is 3. The molecular weight excluding hydrogens is 370 g/mol. The highest BCUT2D eigenvalue weighted by molar-refractivity contribution is 5.96. The average Bonchev–Trinajstić information content (AvgIpc) is 3.43. The van der Waals surface area contributed by atoms with E-state index in [2.05, 4.69) is 10.6 Å². The predicted molar refractivity (Wildman–Crippen MR) is 96.1 cm³/mol. The molecule has 1 fully saturated rings. The zero-order valence-electron chi connectivity index (χ0n) is 15.3. The Morgan fingerprint density at radius 1 is 1.11 bits per heavy atom. The number of carboxylic acid groups (broad SMARTS) is 1. The maximum Gasteiger partial charge on any atom is 0.336 e. The molecule has 0 saturated carbocycles. The van der Waals surface area contributed by atoms with Crippen LogP contribution in [0.15, 0.2) is 24.3 Å². The summed E-state index contributed by atoms with van der Waals surface area (Å²) < 4.78 is 4.77. The van der Waals surface area contributed by atoms with Crippen molar-refractivity contribution in [3.05, 3.63) is 29.8 Å². The standard InChI is InChI=1S/C18H23N3O7/c1-2-3-11(20-17(25)13-14(28-13)18(26)27)16(24)21-12(15(19)23)8-9-4-6-10(22)7-5-9/h4-7,11-14,22H,2-3,8H2,1H3,(H2,19,23)(H,20,25)(H,21,24)(H,26,27)/t11-,12-,13?,14+/m0/s1. The van der Waals surface area contributed by atoms with E-state index in [0.717, 1.165) is 0 Å². The fourth-order valence-corrected chi connectivity index (χ4v) is 2.67. The molecule has 1 aliphatic rings. The van der Waals surface area contributed by atoms with Gasteiger partial charge in [0, 0.05) is 6.42 Å². The minimum absolute atomic E-state index is 0.0658. The van der Waals surface area contributed by atoms with Crippen LogP contribution in [0.3, 0.4) is 0 Å². The van der Waals surface area contributed by atoms with E-state index in [-0.39, 0.29) is 18.6 Å². The van der Waals surface area contributed by atoms with Crippen LogP contribution in [0.2, 0.25) is 0 Å². The van der Waals surface area contributed by atoms with E-state index in [9.17, 15) is 24.3 Å². The van der Waals surface area contributed by atoms with Gasteiger partial charge in [0.2, 0.25) is 11.8 Å². The first-order chi connectivity index (χ1) is 13.2. The largest absolute Gasteiger partial charge is 0.508 e. The molecule has 0 aliphatic carbocycles. The van der Waals surface area contributed by atoms with E-state index in [1.54, 1.807) is 12.1 Å². The minimum Gasteiger partial charge on any atom is -0.508 e. The lowest BCUT2D eigenvalue weighted by molar-refractivity contribution is -0.138. The van der Waals surface area contributed by atoms with Crippen LogP contribution in [0, 0.1) is 0 Å². The Morgan fingerprint density at radius 3 is 2.25 bits per heavy atom. The number of epoxide rings is 1. The zero-order chi connectivity index (χ0) is 20.8. The Hall–Kier alpha value is -3.14. The molecule has 1 heterocycles. The number of carbonyl (C=O) groups is 4. The van der Waals surface area contributed by atoms with Gasteiger partial charge in [-0.1, -0.05) is 25.5 Å². The van der Waals surface area contributed by atoms with E-state index in [1.807, 2.05) is 6.92 Å². The van der Waals surface area contributed by atoms with E-state index < -0.39 is 48.0 Å². The number of phenols is 1. The number of ether oxygens (including phenoxy) is 1. The first-order valence-corrected chi connectivity index (χ1v) is 8.79. The minimum atomic E-state index is -1.25. The van der Waals surface area contributed by atoms with E-state index >= 15 is 0 Å². The van der Waals surface area contributed by atoms with Crippen molar-refractivity contribution in [2.24, 2.45) is 5.73 Å². The maximum atomic E-state index is 12.6. The van der Waals surface area contributed by atoms with Crippen molar-refractivity contribution in [3.8, 4) is 5.75 Å². The molecule has 4 atom stereocenters. The molecule has 1 aromatic carbocycles. The molecule has 0 aromatic heterocycles. The Morgan fingerprint density at radius 2 is 1.75 bits per heavy atom. The molecule has 1 aliphatic heterocycles. The van der Waals surface area contributed by atoms with Crippen molar-refractivity contribution in [1.29, 1.82) is 0 Å². The summed E-state index contributed by atoms with van der Waals surface area (Å²) in [5, 5.41) is 23.1. The van der Waals surface area contributed by atoms with Crippen LogP contribution >= 0.6 is 0 Å². The van der Waals surface area contributed by atoms with Gasteiger partial charge < -0.3 is 31.3 Å². The Balaban J connectivity index is 1.99. The van der Waals surface area contributed by atoms with Gasteiger partial charge in [-0.15, -0.1) is 0 Å². The Bertz CT molecular complexity index is 750. The molecule has 1 saturated heterocycles. The normalized spacial score (nSPS) is 19.9. The second-order valence-electron chi connectivity index (χ2n) is 6.50. The summed E-state index contributed by atoms with van der Waals surface area (Å²) in [6, 6.07) is 4.11. The van der Waals surface area contributed by atoms with Crippen LogP contribution in [-0.4, -0.2) is 58.2 Å². The molecule has 0 spiro atoms. The van der Waals surface area contributed by atoms with Gasteiger partial charge in [0.15, 0.2) is 12.2 Å². The van der Waals surface area contributed by atoms with Crippen molar-refractivity contribution in [2.45, 2.75) is 50.5 Å². The average molecular weight is 393 g/mol. The van der Waals surface area contributed by atoms with Crippen LogP contribution in [0.25, 0.3) is 0 Å². The monoisotopic (exact) mass is 393 g/mol. The van der Waals surface area contributed by atoms with Gasteiger partial charge in [0.25, 0.3) is 5.91 Å². The highest BCUT2D eigenvalue weighted by Gasteiger charge is 2.51. The summed E-state index contributed by atoms with van der Waals surface area (Å²) in [6.45, 7) is 1.81. The summed E-state index contributed by atoms with van der Waals surface area (Å²) in [4.78, 5) is 47.1. The number of hydrogen-bond donors (Lipinski definition) is 5. The summed E-state index contributed by atoms with van der Waals surface area (Å²) in [5.74, 6) is -3.24. The van der Waals surface area contributed by atoms with Gasteiger partial charge in [-0.2, -0.15) is 0 Å². The van der Waals surface area contributed by atoms with Gasteiger partial charge in [-0.3, -0.25) is 14.4 Å². The second kappa shape index (κ2) is 9.18. The van der Waals surface area contributed by atoms with E-state index in [4.69, 9.17) is 15.6 Å². The first kappa shape index (κ1) is 21.2. The second-order valence-corrected chi connectivity index (χ2v) is 6.50. The van der Waals surface area contributed by atoms with Crippen LogP contribution in [0.1, 0.15) is 25.3 Å². The zero-order valence-corrected chi connectivity index (χ0v) is 15.3. The van der Waals surface area contributed by atoms with Crippen molar-refractivity contribution in [3.63, 3.8) is 0 Å². The van der Waals surface area contributed by atoms with Crippen molar-refractivity contribution < 1.29 is 34.1 Å². The quantitative estimate of drug-likeness (QED) is 0.319. The van der Waals surface area contributed by atoms with E-state index in [1.165, 1.54) is 12.1 Å². The van der Waals surface area contributed by atoms with Gasteiger partial charge in [-0.25, -0.2) is 4.79 Å². The molecule has 2 rings (SSSR count). The number of aliphatic carboxylic acids is 1. The third-order valence-electron chi connectivity index (χ3n) is 4.24. The lowest BCUT2D eigenvalue weighted by Gasteiger charge is -2.21. The number of aromatic hydroxyl groups is 1. The lowest BCUT2D eigenvalue weighted by Crippen LogP contribution is -2.54.